The summed E-state index contributed by atoms with van der Waals surface area (Å²) < 4.78 is 0. The molecule has 5 heteroatoms. The Hall–Kier alpha value is -3.21. The van der Waals surface area contributed by atoms with Crippen molar-refractivity contribution in [3.8, 4) is 11.4 Å². The second-order valence-electron chi connectivity index (χ2n) is 6.92. The molecule has 5 nitrogen and oxygen atoms in total. The van der Waals surface area contributed by atoms with E-state index in [9.17, 15) is 4.79 Å². The Morgan fingerprint density at radius 2 is 1.85 bits per heavy atom. The number of nitrogens with zero attached hydrogens (tertiary/aromatic N) is 2. The maximum Gasteiger partial charge on any atom is 0.270 e. The number of carbonyl (C=O) groups excluding carboxylic acids is 1. The van der Waals surface area contributed by atoms with Crippen LogP contribution in [0.5, 0.6) is 0 Å². The maximum atomic E-state index is 12.7. The zero-order valence-electron chi connectivity index (χ0n) is 15.3. The van der Waals surface area contributed by atoms with Crippen LogP contribution in [0.1, 0.15) is 34.5 Å². The average molecular weight is 358 g/mol. The molecule has 0 radical (unpaired) electrons. The standard InChI is InChI=1S/C22H22N4O/c1-15-6-5-7-16(12-15)14-23-22(27)19-13-20(24-18-10-11-18)26-21(25-19)17-8-3-2-4-9-17/h2-9,12-13,18H,10-11,14H2,1H3,(H,23,27)(H,24,25,26). The molecule has 2 N–H and O–H groups in total. The number of nitrogens with one attached hydrogen (secondary N) is 2. The van der Waals surface area contributed by atoms with Gasteiger partial charge in [-0.3, -0.25) is 4.79 Å². The average Bonchev–Trinajstić information content (AvgIpc) is 3.50. The summed E-state index contributed by atoms with van der Waals surface area (Å²) >= 11 is 0. The lowest BCUT2D eigenvalue weighted by Gasteiger charge is -2.10. The highest BCUT2D eigenvalue weighted by molar-refractivity contribution is 5.93. The molecule has 0 saturated heterocycles. The molecule has 4 rings (SSSR count). The number of anilines is 1. The molecule has 1 fully saturated rings. The Morgan fingerprint density at radius 1 is 1.04 bits per heavy atom. The fourth-order valence-corrected chi connectivity index (χ4v) is 2.89. The van der Waals surface area contributed by atoms with Crippen LogP contribution in [-0.4, -0.2) is 21.9 Å². The van der Waals surface area contributed by atoms with Gasteiger partial charge in [0.15, 0.2) is 5.82 Å². The summed E-state index contributed by atoms with van der Waals surface area (Å²) in [6, 6.07) is 20.0. The lowest BCUT2D eigenvalue weighted by molar-refractivity contribution is 0.0946. The van der Waals surface area contributed by atoms with Crippen molar-refractivity contribution in [2.24, 2.45) is 0 Å². The van der Waals surface area contributed by atoms with Gasteiger partial charge in [-0.05, 0) is 25.3 Å². The van der Waals surface area contributed by atoms with E-state index >= 15 is 0 Å². The van der Waals surface area contributed by atoms with E-state index in [-0.39, 0.29) is 5.91 Å². The first-order chi connectivity index (χ1) is 13.2. The molecule has 0 spiro atoms. The van der Waals surface area contributed by atoms with Gasteiger partial charge in [0.05, 0.1) is 0 Å². The minimum absolute atomic E-state index is 0.199. The second-order valence-corrected chi connectivity index (χ2v) is 6.92. The lowest BCUT2D eigenvalue weighted by Crippen LogP contribution is -2.24. The Balaban J connectivity index is 1.57. The molecule has 27 heavy (non-hydrogen) atoms. The minimum Gasteiger partial charge on any atom is -0.367 e. The molecule has 1 aliphatic carbocycles. The molecule has 0 aliphatic heterocycles. The van der Waals surface area contributed by atoms with Gasteiger partial charge in [0.1, 0.15) is 11.5 Å². The van der Waals surface area contributed by atoms with Gasteiger partial charge >= 0.3 is 0 Å². The van der Waals surface area contributed by atoms with Gasteiger partial charge in [-0.1, -0.05) is 60.2 Å². The normalized spacial score (nSPS) is 13.2. The number of amides is 1. The van der Waals surface area contributed by atoms with E-state index in [0.29, 0.717) is 29.9 Å². The van der Waals surface area contributed by atoms with Crippen LogP contribution < -0.4 is 10.6 Å². The number of aromatic nitrogens is 2. The largest absolute Gasteiger partial charge is 0.367 e. The molecule has 1 heterocycles. The van der Waals surface area contributed by atoms with Gasteiger partial charge in [0.2, 0.25) is 0 Å². The van der Waals surface area contributed by atoms with Crippen molar-refractivity contribution >= 4 is 11.7 Å². The predicted octanol–water partition coefficient (Wildman–Crippen LogP) is 3.96. The summed E-state index contributed by atoms with van der Waals surface area (Å²) in [4.78, 5) is 21.8. The zero-order chi connectivity index (χ0) is 18.6. The Kier molecular flexibility index (Phi) is 4.83. The first-order valence-electron chi connectivity index (χ1n) is 9.22. The third-order valence-corrected chi connectivity index (χ3v) is 4.46. The van der Waals surface area contributed by atoms with Gasteiger partial charge in [-0.25, -0.2) is 9.97 Å². The van der Waals surface area contributed by atoms with Crippen molar-refractivity contribution in [1.82, 2.24) is 15.3 Å². The number of carbonyl (C=O) groups is 1. The van der Waals surface area contributed by atoms with E-state index in [4.69, 9.17) is 0 Å². The van der Waals surface area contributed by atoms with Gasteiger partial charge in [-0.15, -0.1) is 0 Å². The first kappa shape index (κ1) is 17.2. The topological polar surface area (TPSA) is 66.9 Å². The molecular weight excluding hydrogens is 336 g/mol. The highest BCUT2D eigenvalue weighted by atomic mass is 16.1. The lowest BCUT2D eigenvalue weighted by atomic mass is 10.1. The number of benzene rings is 2. The van der Waals surface area contributed by atoms with Crippen LogP contribution in [-0.2, 0) is 6.54 Å². The Morgan fingerprint density at radius 3 is 2.59 bits per heavy atom. The van der Waals surface area contributed by atoms with Crippen molar-refractivity contribution in [3.05, 3.63) is 77.5 Å². The second kappa shape index (κ2) is 7.58. The van der Waals surface area contributed by atoms with Crippen LogP contribution in [0.2, 0.25) is 0 Å². The van der Waals surface area contributed by atoms with Crippen molar-refractivity contribution in [1.29, 1.82) is 0 Å². The number of aryl methyl sites for hydroxylation is 1. The van der Waals surface area contributed by atoms with E-state index < -0.39 is 0 Å². The summed E-state index contributed by atoms with van der Waals surface area (Å²) in [5.74, 6) is 1.06. The van der Waals surface area contributed by atoms with E-state index in [2.05, 4.69) is 26.7 Å². The van der Waals surface area contributed by atoms with Gasteiger partial charge in [-0.2, -0.15) is 0 Å². The molecule has 0 bridgehead atoms. The maximum absolute atomic E-state index is 12.7. The van der Waals surface area contributed by atoms with E-state index in [0.717, 1.165) is 24.0 Å². The third kappa shape index (κ3) is 4.50. The molecule has 0 atom stereocenters. The van der Waals surface area contributed by atoms with E-state index in [1.165, 1.54) is 5.56 Å². The molecule has 1 aromatic heterocycles. The highest BCUT2D eigenvalue weighted by Gasteiger charge is 2.22. The molecule has 2 aromatic carbocycles. The van der Waals surface area contributed by atoms with Crippen LogP contribution in [0.15, 0.2) is 60.7 Å². The first-order valence-corrected chi connectivity index (χ1v) is 9.22. The fraction of sp³-hybridized carbons (Fsp3) is 0.227. The quantitative estimate of drug-likeness (QED) is 0.700. The number of hydrogen-bond acceptors (Lipinski definition) is 4. The van der Waals surface area contributed by atoms with Gasteiger partial charge in [0, 0.05) is 24.2 Å². The van der Waals surface area contributed by atoms with Crippen molar-refractivity contribution in [2.75, 3.05) is 5.32 Å². The smallest absolute Gasteiger partial charge is 0.270 e. The summed E-state index contributed by atoms with van der Waals surface area (Å²) in [6.45, 7) is 2.51. The SMILES string of the molecule is Cc1cccc(CNC(=O)c2cc(NC3CC3)nc(-c3ccccc3)n2)c1. The molecule has 136 valence electrons. The van der Waals surface area contributed by atoms with E-state index in [1.807, 2.05) is 55.5 Å². The molecule has 0 unspecified atom stereocenters. The summed E-state index contributed by atoms with van der Waals surface area (Å²) in [6.07, 6.45) is 2.28. The monoisotopic (exact) mass is 358 g/mol. The van der Waals surface area contributed by atoms with Gasteiger partial charge in [0.25, 0.3) is 5.91 Å². The molecular formula is C22H22N4O. The summed E-state index contributed by atoms with van der Waals surface area (Å²) in [5.41, 5.74) is 3.51. The number of hydrogen-bond donors (Lipinski definition) is 2. The highest BCUT2D eigenvalue weighted by Crippen LogP contribution is 2.25. The third-order valence-electron chi connectivity index (χ3n) is 4.46. The van der Waals surface area contributed by atoms with Crippen LogP contribution in [0.4, 0.5) is 5.82 Å². The molecule has 1 amide bonds. The Bertz CT molecular complexity index is 952. The van der Waals surface area contributed by atoms with Gasteiger partial charge < -0.3 is 10.6 Å². The van der Waals surface area contributed by atoms with Crippen LogP contribution in [0, 0.1) is 6.92 Å². The van der Waals surface area contributed by atoms with Crippen molar-refractivity contribution < 1.29 is 4.79 Å². The fourth-order valence-electron chi connectivity index (χ4n) is 2.89. The van der Waals surface area contributed by atoms with Crippen LogP contribution >= 0.6 is 0 Å². The predicted molar refractivity (Wildman–Crippen MR) is 106 cm³/mol. The number of rotatable bonds is 6. The zero-order valence-corrected chi connectivity index (χ0v) is 15.3. The summed E-state index contributed by atoms with van der Waals surface area (Å²) in [7, 11) is 0. The molecule has 3 aromatic rings. The molecule has 1 aliphatic rings. The van der Waals surface area contributed by atoms with Crippen LogP contribution in [0.25, 0.3) is 11.4 Å². The molecule has 1 saturated carbocycles. The minimum atomic E-state index is -0.199. The summed E-state index contributed by atoms with van der Waals surface area (Å²) in [5, 5.41) is 6.33. The van der Waals surface area contributed by atoms with Crippen molar-refractivity contribution in [2.45, 2.75) is 32.4 Å². The van der Waals surface area contributed by atoms with Crippen LogP contribution in [0.3, 0.4) is 0 Å². The Labute approximate surface area is 158 Å². The van der Waals surface area contributed by atoms with Crippen molar-refractivity contribution in [3.63, 3.8) is 0 Å². The van der Waals surface area contributed by atoms with E-state index in [1.54, 1.807) is 6.07 Å².